The minimum Gasteiger partial charge on any atom is -0.486 e. The zero-order valence-corrected chi connectivity index (χ0v) is 25.9. The van der Waals surface area contributed by atoms with Gasteiger partial charge in [-0.05, 0) is 62.4 Å². The Morgan fingerprint density at radius 3 is 2.69 bits per heavy atom. The fourth-order valence-corrected chi connectivity index (χ4v) is 6.70. The Kier molecular flexibility index (Phi) is 7.81. The first-order chi connectivity index (χ1) is 21.8. The van der Waals surface area contributed by atoms with E-state index in [1.54, 1.807) is 19.5 Å². The van der Waals surface area contributed by atoms with E-state index in [9.17, 15) is 13.6 Å². The molecular weight excluding hydrogens is 578 g/mol. The largest absolute Gasteiger partial charge is 0.486 e. The summed E-state index contributed by atoms with van der Waals surface area (Å²) in [5, 5.41) is 0.131. The molecule has 1 aliphatic carbocycles. The van der Waals surface area contributed by atoms with Crippen molar-refractivity contribution in [2.45, 2.75) is 63.8 Å². The van der Waals surface area contributed by atoms with Crippen molar-refractivity contribution in [2.24, 2.45) is 0 Å². The lowest BCUT2D eigenvalue weighted by Gasteiger charge is -2.40. The number of benzene rings is 1. The summed E-state index contributed by atoms with van der Waals surface area (Å²) in [5.74, 6) is -0.831. The third-order valence-corrected chi connectivity index (χ3v) is 9.42. The van der Waals surface area contributed by atoms with Crippen LogP contribution in [0, 0.1) is 11.6 Å². The molecule has 1 unspecified atom stereocenters. The summed E-state index contributed by atoms with van der Waals surface area (Å²) in [4.78, 5) is 29.9. The molecule has 1 saturated heterocycles. The molecule has 7 rings (SSSR count). The highest BCUT2D eigenvalue weighted by Gasteiger charge is 2.31. The van der Waals surface area contributed by atoms with Crippen LogP contribution in [0.15, 0.2) is 53.7 Å². The van der Waals surface area contributed by atoms with Crippen LogP contribution < -0.4 is 24.7 Å². The van der Waals surface area contributed by atoms with E-state index in [1.807, 2.05) is 29.8 Å². The molecule has 0 spiro atoms. The van der Waals surface area contributed by atoms with Gasteiger partial charge in [0, 0.05) is 69.3 Å². The number of piperidine rings is 1. The van der Waals surface area contributed by atoms with Crippen molar-refractivity contribution in [2.75, 3.05) is 43.7 Å². The number of methoxy groups -OCH3 is 1. The van der Waals surface area contributed by atoms with Gasteiger partial charge in [-0.2, -0.15) is 4.39 Å². The summed E-state index contributed by atoms with van der Waals surface area (Å²) in [5.41, 5.74) is 2.60. The molecule has 9 nitrogen and oxygen atoms in total. The standard InChI is InChI=1S/C34H38F2N6O3/c1-21-20-45-34-31(36)28(35)14-27-32(34)42(21)18-23(33(27)43)17-41(16-22-10-11-37-30(13-22)44-3)26-5-4-12-40(19-26)25-8-9-29(38-15-25)39(2)24-6-7-24/h8-11,13-15,18,21,24,26H,4-7,12,16-17,19-20H2,1-3H3/t21?,26-/m0/s1. The zero-order chi connectivity index (χ0) is 31.2. The van der Waals surface area contributed by atoms with Crippen molar-refractivity contribution < 1.29 is 18.3 Å². The average molecular weight is 617 g/mol. The van der Waals surface area contributed by atoms with Gasteiger partial charge in [0.2, 0.25) is 11.7 Å². The first kappa shape index (κ1) is 29.5. The molecule has 2 aliphatic heterocycles. The van der Waals surface area contributed by atoms with Crippen LogP contribution in [0.25, 0.3) is 10.9 Å². The second-order valence-electron chi connectivity index (χ2n) is 12.5. The summed E-state index contributed by atoms with van der Waals surface area (Å²) in [6.45, 7) is 4.70. The summed E-state index contributed by atoms with van der Waals surface area (Å²) in [6, 6.07) is 9.68. The van der Waals surface area contributed by atoms with Gasteiger partial charge in [0.05, 0.1) is 35.9 Å². The van der Waals surface area contributed by atoms with E-state index in [-0.39, 0.29) is 35.3 Å². The van der Waals surface area contributed by atoms with Gasteiger partial charge >= 0.3 is 0 Å². The molecule has 1 aromatic carbocycles. The molecule has 0 amide bonds. The highest BCUT2D eigenvalue weighted by molar-refractivity contribution is 5.86. The third kappa shape index (κ3) is 5.69. The molecule has 5 heterocycles. The number of hydrogen-bond acceptors (Lipinski definition) is 8. The van der Waals surface area contributed by atoms with Crippen molar-refractivity contribution in [1.82, 2.24) is 19.4 Å². The van der Waals surface area contributed by atoms with Crippen LogP contribution in [-0.4, -0.2) is 65.4 Å². The summed E-state index contributed by atoms with van der Waals surface area (Å²) < 4.78 is 42.1. The van der Waals surface area contributed by atoms with Crippen molar-refractivity contribution in [3.8, 4) is 11.6 Å². The lowest BCUT2D eigenvalue weighted by Crippen LogP contribution is -2.48. The molecule has 0 bridgehead atoms. The number of halogens is 2. The fourth-order valence-electron chi connectivity index (χ4n) is 6.70. The Balaban J connectivity index is 1.22. The molecule has 236 valence electrons. The molecule has 2 fully saturated rings. The summed E-state index contributed by atoms with van der Waals surface area (Å²) in [6.07, 6.45) is 9.85. The van der Waals surface area contributed by atoms with E-state index < -0.39 is 11.6 Å². The van der Waals surface area contributed by atoms with Crippen molar-refractivity contribution >= 4 is 22.4 Å². The Morgan fingerprint density at radius 1 is 1.09 bits per heavy atom. The molecule has 0 N–H and O–H groups in total. The van der Waals surface area contributed by atoms with Crippen molar-refractivity contribution in [3.05, 3.63) is 81.9 Å². The molecule has 4 aromatic rings. The Hall–Kier alpha value is -4.25. The van der Waals surface area contributed by atoms with Crippen LogP contribution in [0.1, 0.15) is 49.8 Å². The van der Waals surface area contributed by atoms with Gasteiger partial charge in [0.25, 0.3) is 0 Å². The van der Waals surface area contributed by atoms with Gasteiger partial charge in [0.15, 0.2) is 17.0 Å². The molecule has 11 heteroatoms. The lowest BCUT2D eigenvalue weighted by molar-refractivity contribution is 0.157. The maximum absolute atomic E-state index is 14.7. The minimum atomic E-state index is -1.08. The Labute approximate surface area is 261 Å². The van der Waals surface area contributed by atoms with E-state index in [4.69, 9.17) is 14.5 Å². The van der Waals surface area contributed by atoms with E-state index in [2.05, 4.69) is 38.9 Å². The molecule has 3 aromatic heterocycles. The van der Waals surface area contributed by atoms with Crippen molar-refractivity contribution in [3.63, 3.8) is 0 Å². The second-order valence-corrected chi connectivity index (χ2v) is 12.5. The minimum absolute atomic E-state index is 0.115. The smallest absolute Gasteiger partial charge is 0.213 e. The van der Waals surface area contributed by atoms with Crippen LogP contribution in [0.2, 0.25) is 0 Å². The number of rotatable bonds is 9. The van der Waals surface area contributed by atoms with Crippen LogP contribution in [0.4, 0.5) is 20.3 Å². The molecule has 2 atom stereocenters. The van der Waals surface area contributed by atoms with E-state index in [1.165, 1.54) is 12.8 Å². The quantitative estimate of drug-likeness (QED) is 0.251. The molecule has 3 aliphatic rings. The first-order valence-electron chi connectivity index (χ1n) is 15.7. The maximum atomic E-state index is 14.7. The zero-order valence-electron chi connectivity index (χ0n) is 25.9. The number of nitrogens with zero attached hydrogens (tertiary/aromatic N) is 6. The molecule has 1 saturated carbocycles. The van der Waals surface area contributed by atoms with Crippen LogP contribution in [0.5, 0.6) is 11.6 Å². The number of ether oxygens (including phenoxy) is 2. The summed E-state index contributed by atoms with van der Waals surface area (Å²) >= 11 is 0. The second kappa shape index (κ2) is 11.9. The monoisotopic (exact) mass is 616 g/mol. The predicted molar refractivity (Wildman–Crippen MR) is 169 cm³/mol. The number of pyridine rings is 3. The predicted octanol–water partition coefficient (Wildman–Crippen LogP) is 5.30. The molecular formula is C34H38F2N6O3. The van der Waals surface area contributed by atoms with E-state index in [0.717, 1.165) is 49.1 Å². The molecule has 0 radical (unpaired) electrons. The average Bonchev–Trinajstić information content (AvgIpc) is 3.92. The van der Waals surface area contributed by atoms with Gasteiger partial charge in [-0.1, -0.05) is 0 Å². The highest BCUT2D eigenvalue weighted by Crippen LogP contribution is 2.36. The van der Waals surface area contributed by atoms with Gasteiger partial charge in [-0.3, -0.25) is 9.69 Å². The van der Waals surface area contributed by atoms with Gasteiger partial charge in [0.1, 0.15) is 12.4 Å². The topological polar surface area (TPSA) is 76.0 Å². The van der Waals surface area contributed by atoms with Crippen LogP contribution >= 0.6 is 0 Å². The van der Waals surface area contributed by atoms with E-state index in [0.29, 0.717) is 36.1 Å². The SMILES string of the molecule is COc1cc(CN(Cc2cn3c4c(c(F)c(F)cc4c2=O)OCC3C)[C@H]2CCCN(c3ccc(N(C)C4CC4)nc3)C2)ccn1. The fraction of sp³-hybridized carbons (Fsp3) is 0.441. The van der Waals surface area contributed by atoms with Crippen molar-refractivity contribution in [1.29, 1.82) is 0 Å². The third-order valence-electron chi connectivity index (χ3n) is 9.42. The van der Waals surface area contributed by atoms with Crippen LogP contribution in [0.3, 0.4) is 0 Å². The van der Waals surface area contributed by atoms with Gasteiger partial charge in [-0.15, -0.1) is 0 Å². The first-order valence-corrected chi connectivity index (χ1v) is 15.7. The van der Waals surface area contributed by atoms with E-state index >= 15 is 0 Å². The van der Waals surface area contributed by atoms with Gasteiger partial charge < -0.3 is 23.8 Å². The summed E-state index contributed by atoms with van der Waals surface area (Å²) in [7, 11) is 3.69. The number of anilines is 2. The highest BCUT2D eigenvalue weighted by atomic mass is 19.2. The Morgan fingerprint density at radius 2 is 1.93 bits per heavy atom. The Bertz CT molecular complexity index is 1780. The molecule has 45 heavy (non-hydrogen) atoms. The normalized spacial score (nSPS) is 19.6. The maximum Gasteiger partial charge on any atom is 0.213 e. The van der Waals surface area contributed by atoms with Gasteiger partial charge in [-0.25, -0.2) is 14.4 Å². The number of hydrogen-bond donors (Lipinski definition) is 0. The lowest BCUT2D eigenvalue weighted by atomic mass is 10.0. The van der Waals surface area contributed by atoms with Crippen LogP contribution in [-0.2, 0) is 13.1 Å². The number of aromatic nitrogens is 3.